The molecule has 1 saturated carbocycles. The van der Waals surface area contributed by atoms with Crippen LogP contribution in [0.3, 0.4) is 0 Å². The van der Waals surface area contributed by atoms with Gasteiger partial charge in [0.25, 0.3) is 0 Å². The van der Waals surface area contributed by atoms with Gasteiger partial charge in [0, 0.05) is 29.8 Å². The van der Waals surface area contributed by atoms with E-state index in [1.165, 1.54) is 11.3 Å². The summed E-state index contributed by atoms with van der Waals surface area (Å²) in [4.78, 5) is 2.31. The maximum atomic E-state index is 9.38. The Hall–Kier alpha value is -0.580. The third kappa shape index (κ3) is 3.50. The molecule has 3 nitrogen and oxygen atoms in total. The van der Waals surface area contributed by atoms with Crippen LogP contribution in [-0.4, -0.2) is 31.9 Å². The number of nitrogens with zero attached hydrogens (tertiary/aromatic N) is 1. The highest BCUT2D eigenvalue weighted by Gasteiger charge is 2.28. The average Bonchev–Trinajstić information content (AvgIpc) is 2.35. The molecular formula is C15H23BrN2O. The van der Waals surface area contributed by atoms with Crippen LogP contribution in [-0.2, 0) is 0 Å². The first-order chi connectivity index (χ1) is 9.01. The average molecular weight is 327 g/mol. The van der Waals surface area contributed by atoms with Gasteiger partial charge in [-0.2, -0.15) is 0 Å². The minimum atomic E-state index is -0.0704. The number of halogens is 1. The third-order valence-corrected chi connectivity index (χ3v) is 4.54. The van der Waals surface area contributed by atoms with Crippen molar-refractivity contribution in [2.75, 3.05) is 25.5 Å². The van der Waals surface area contributed by atoms with Crippen LogP contribution >= 0.6 is 15.9 Å². The van der Waals surface area contributed by atoms with Crippen molar-refractivity contribution in [1.29, 1.82) is 0 Å². The maximum Gasteiger partial charge on any atom is 0.0546 e. The summed E-state index contributed by atoms with van der Waals surface area (Å²) in [7, 11) is 4.12. The topological polar surface area (TPSA) is 35.5 Å². The predicted molar refractivity (Wildman–Crippen MR) is 83.6 cm³/mol. The van der Waals surface area contributed by atoms with Crippen LogP contribution < -0.4 is 10.2 Å². The highest BCUT2D eigenvalue weighted by Crippen LogP contribution is 2.32. The molecule has 1 aliphatic carbocycles. The summed E-state index contributed by atoms with van der Waals surface area (Å²) in [6.45, 7) is 3.19. The van der Waals surface area contributed by atoms with E-state index in [4.69, 9.17) is 0 Å². The van der Waals surface area contributed by atoms with Crippen LogP contribution in [0.15, 0.2) is 22.7 Å². The van der Waals surface area contributed by atoms with Crippen molar-refractivity contribution in [1.82, 2.24) is 5.32 Å². The zero-order valence-corrected chi connectivity index (χ0v) is 13.4. The zero-order chi connectivity index (χ0) is 14.0. The van der Waals surface area contributed by atoms with Gasteiger partial charge in [-0.1, -0.05) is 15.9 Å². The van der Waals surface area contributed by atoms with Crippen molar-refractivity contribution < 1.29 is 5.11 Å². The second-order valence-electron chi connectivity index (χ2n) is 5.59. The van der Waals surface area contributed by atoms with E-state index in [1.807, 2.05) is 7.05 Å². The van der Waals surface area contributed by atoms with E-state index in [-0.39, 0.29) is 6.10 Å². The fourth-order valence-corrected chi connectivity index (χ4v) is 3.09. The predicted octanol–water partition coefficient (Wildman–Crippen LogP) is 2.94. The summed E-state index contributed by atoms with van der Waals surface area (Å²) in [5.41, 5.74) is 2.57. The molecule has 0 aliphatic heterocycles. The summed E-state index contributed by atoms with van der Waals surface area (Å²) in [6, 6.07) is 6.76. The number of aliphatic hydroxyl groups excluding tert-OH is 1. The van der Waals surface area contributed by atoms with Gasteiger partial charge in [-0.05, 0) is 56.5 Å². The Bertz CT molecular complexity index is 432. The molecule has 4 heteroatoms. The van der Waals surface area contributed by atoms with Crippen molar-refractivity contribution in [2.24, 2.45) is 5.92 Å². The van der Waals surface area contributed by atoms with E-state index >= 15 is 0 Å². The Morgan fingerprint density at radius 3 is 2.74 bits per heavy atom. The summed E-state index contributed by atoms with van der Waals surface area (Å²) in [6.07, 6.45) is 1.81. The lowest BCUT2D eigenvalue weighted by molar-refractivity contribution is 0.0464. The number of anilines is 1. The molecule has 0 radical (unpaired) electrons. The minimum Gasteiger partial charge on any atom is -0.393 e. The molecule has 19 heavy (non-hydrogen) atoms. The van der Waals surface area contributed by atoms with Gasteiger partial charge < -0.3 is 15.3 Å². The normalized spacial score (nSPS) is 23.8. The molecule has 2 rings (SSSR count). The van der Waals surface area contributed by atoms with Crippen molar-refractivity contribution in [3.8, 4) is 0 Å². The van der Waals surface area contributed by atoms with Gasteiger partial charge in [0.1, 0.15) is 0 Å². The fraction of sp³-hybridized carbons (Fsp3) is 0.600. The number of nitrogens with one attached hydrogen (secondary N) is 1. The molecule has 0 saturated heterocycles. The lowest BCUT2D eigenvalue weighted by Gasteiger charge is -2.36. The number of hydrogen-bond acceptors (Lipinski definition) is 3. The van der Waals surface area contributed by atoms with Gasteiger partial charge in [0.2, 0.25) is 0 Å². The molecule has 1 fully saturated rings. The smallest absolute Gasteiger partial charge is 0.0546 e. The second kappa shape index (κ2) is 6.25. The summed E-state index contributed by atoms with van der Waals surface area (Å²) < 4.78 is 1.11. The summed E-state index contributed by atoms with van der Waals surface area (Å²) in [5, 5.41) is 12.7. The van der Waals surface area contributed by atoms with Gasteiger partial charge in [0.15, 0.2) is 0 Å². The van der Waals surface area contributed by atoms with Gasteiger partial charge in [-0.25, -0.2) is 0 Å². The Morgan fingerprint density at radius 2 is 2.16 bits per heavy atom. The van der Waals surface area contributed by atoms with Gasteiger partial charge >= 0.3 is 0 Å². The molecule has 0 heterocycles. The first kappa shape index (κ1) is 14.8. The first-order valence-corrected chi connectivity index (χ1v) is 7.66. The van der Waals surface area contributed by atoms with E-state index in [0.29, 0.717) is 12.0 Å². The fourth-order valence-electron chi connectivity index (χ4n) is 2.71. The summed E-state index contributed by atoms with van der Waals surface area (Å²) in [5.74, 6) is 0.626. The maximum absolute atomic E-state index is 9.38. The van der Waals surface area contributed by atoms with E-state index in [2.05, 4.69) is 58.3 Å². The number of hydrogen-bond donors (Lipinski definition) is 2. The molecule has 106 valence electrons. The Morgan fingerprint density at radius 1 is 1.47 bits per heavy atom. The monoisotopic (exact) mass is 326 g/mol. The molecule has 1 aromatic rings. The van der Waals surface area contributed by atoms with Crippen LogP contribution in [0.2, 0.25) is 0 Å². The molecule has 0 amide bonds. The minimum absolute atomic E-state index is 0.0704. The third-order valence-electron chi connectivity index (χ3n) is 4.04. The first-order valence-electron chi connectivity index (χ1n) is 6.87. The van der Waals surface area contributed by atoms with E-state index in [1.54, 1.807) is 0 Å². The number of benzene rings is 1. The van der Waals surface area contributed by atoms with Gasteiger partial charge in [0.05, 0.1) is 6.10 Å². The molecule has 0 aromatic heterocycles. The van der Waals surface area contributed by atoms with Crippen molar-refractivity contribution >= 4 is 21.6 Å². The largest absolute Gasteiger partial charge is 0.393 e. The molecule has 0 bridgehead atoms. The van der Waals surface area contributed by atoms with Gasteiger partial charge in [-0.3, -0.25) is 0 Å². The van der Waals surface area contributed by atoms with E-state index in [9.17, 15) is 5.11 Å². The number of rotatable bonds is 5. The van der Waals surface area contributed by atoms with Crippen molar-refractivity contribution in [3.63, 3.8) is 0 Å². The van der Waals surface area contributed by atoms with E-state index < -0.39 is 0 Å². The molecule has 1 aliphatic rings. The highest BCUT2D eigenvalue weighted by atomic mass is 79.9. The quantitative estimate of drug-likeness (QED) is 0.873. The summed E-state index contributed by atoms with van der Waals surface area (Å²) >= 11 is 3.55. The molecular weight excluding hydrogens is 304 g/mol. The van der Waals surface area contributed by atoms with Crippen molar-refractivity contribution in [3.05, 3.63) is 28.2 Å². The molecule has 1 atom stereocenters. The number of aliphatic hydroxyl groups is 1. The Balaban J connectivity index is 2.13. The van der Waals surface area contributed by atoms with E-state index in [0.717, 1.165) is 23.9 Å². The zero-order valence-electron chi connectivity index (χ0n) is 11.9. The Kier molecular flexibility index (Phi) is 4.87. The molecule has 1 aromatic carbocycles. The van der Waals surface area contributed by atoms with Crippen molar-refractivity contribution in [2.45, 2.75) is 31.9 Å². The standard InChI is InChI=1S/C15H23BrN2O/c1-10(17-2)14-8-12(16)4-5-15(14)18(3)9-11-6-13(19)7-11/h4-5,8,10-11,13,17,19H,6-7,9H2,1-3H3. The van der Waals surface area contributed by atoms with Crippen LogP contribution in [0, 0.1) is 5.92 Å². The van der Waals surface area contributed by atoms with Crippen LogP contribution in [0.1, 0.15) is 31.4 Å². The second-order valence-corrected chi connectivity index (χ2v) is 6.50. The SMILES string of the molecule is CNC(C)c1cc(Br)ccc1N(C)CC1CC(O)C1. The molecule has 1 unspecified atom stereocenters. The van der Waals surface area contributed by atoms with Gasteiger partial charge in [-0.15, -0.1) is 0 Å². The van der Waals surface area contributed by atoms with Crippen LogP contribution in [0.5, 0.6) is 0 Å². The molecule has 2 N–H and O–H groups in total. The van der Waals surface area contributed by atoms with Crippen LogP contribution in [0.4, 0.5) is 5.69 Å². The lowest BCUT2D eigenvalue weighted by Crippen LogP contribution is -2.37. The van der Waals surface area contributed by atoms with Crippen LogP contribution in [0.25, 0.3) is 0 Å². The lowest BCUT2D eigenvalue weighted by atomic mass is 9.82. The highest BCUT2D eigenvalue weighted by molar-refractivity contribution is 9.10. The Labute approximate surface area is 124 Å². The molecule has 0 spiro atoms.